The Morgan fingerprint density at radius 2 is 1.88 bits per heavy atom. The number of phenols is 1. The third kappa shape index (κ3) is 2.19. The molecule has 2 N–H and O–H groups in total. The monoisotopic (exact) mass is 336 g/mol. The van der Waals surface area contributed by atoms with Crippen molar-refractivity contribution in [3.63, 3.8) is 0 Å². The highest BCUT2D eigenvalue weighted by Gasteiger charge is 2.15. The molecule has 118 valence electrons. The fourth-order valence-corrected chi connectivity index (χ4v) is 3.78. The molecule has 5 nitrogen and oxygen atoms in total. The van der Waals surface area contributed by atoms with Crippen LogP contribution in [0, 0.1) is 4.91 Å². The number of nitrogens with one attached hydrogen (secondary N) is 1. The second-order valence-electron chi connectivity index (χ2n) is 5.48. The molecule has 0 aliphatic rings. The number of hydrogen-bond acceptors (Lipinski definition) is 5. The Morgan fingerprint density at radius 3 is 2.62 bits per heavy atom. The van der Waals surface area contributed by atoms with E-state index in [1.165, 1.54) is 11.3 Å². The van der Waals surface area contributed by atoms with E-state index in [1.807, 2.05) is 35.7 Å². The van der Waals surface area contributed by atoms with E-state index in [2.05, 4.69) is 10.2 Å². The van der Waals surface area contributed by atoms with Crippen molar-refractivity contribution in [1.29, 1.82) is 0 Å². The number of pyridine rings is 1. The summed E-state index contributed by atoms with van der Waals surface area (Å²) in [6.45, 7) is 0.115. The molecule has 0 radical (unpaired) electrons. The zero-order valence-corrected chi connectivity index (χ0v) is 13.3. The van der Waals surface area contributed by atoms with Crippen molar-refractivity contribution in [2.75, 3.05) is 0 Å². The van der Waals surface area contributed by atoms with Crippen LogP contribution in [0.3, 0.4) is 0 Å². The van der Waals surface area contributed by atoms with E-state index in [9.17, 15) is 14.8 Å². The van der Waals surface area contributed by atoms with Gasteiger partial charge in [-0.05, 0) is 34.7 Å². The summed E-state index contributed by atoms with van der Waals surface area (Å²) in [5.74, 6) is 0.142. The van der Waals surface area contributed by atoms with Crippen LogP contribution >= 0.6 is 11.3 Å². The number of nitrogens with zero attached hydrogens (tertiary/aromatic N) is 1. The minimum atomic E-state index is -0.128. The minimum Gasteiger partial charge on any atom is -0.507 e. The van der Waals surface area contributed by atoms with Gasteiger partial charge in [0.1, 0.15) is 17.0 Å². The molecular formula is C18H12N2O3S. The standard InChI is InChI=1S/C18H12N2O3S/c21-14-6-5-13-16(12-7-8-24-17(12)18(22)20-13)15(14)11-3-1-10(2-4-11)9-19-23/h1-8,21H,9H2,(H,20,22). The maximum absolute atomic E-state index is 12.2. The smallest absolute Gasteiger partial charge is 0.266 e. The van der Waals surface area contributed by atoms with Gasteiger partial charge < -0.3 is 10.1 Å². The number of aromatic nitrogens is 1. The van der Waals surface area contributed by atoms with Crippen LogP contribution in [0.5, 0.6) is 5.75 Å². The fourth-order valence-electron chi connectivity index (χ4n) is 2.98. The Labute approximate surface area is 140 Å². The summed E-state index contributed by atoms with van der Waals surface area (Å²) in [5.41, 5.74) is 2.83. The number of hydrogen-bond donors (Lipinski definition) is 2. The molecule has 2 heterocycles. The van der Waals surface area contributed by atoms with Gasteiger partial charge in [0.25, 0.3) is 5.56 Å². The Morgan fingerprint density at radius 1 is 1.08 bits per heavy atom. The van der Waals surface area contributed by atoms with Crippen LogP contribution < -0.4 is 5.56 Å². The number of aromatic amines is 1. The molecule has 0 bridgehead atoms. The summed E-state index contributed by atoms with van der Waals surface area (Å²) in [6, 6.07) is 12.5. The molecule has 2 aromatic carbocycles. The van der Waals surface area contributed by atoms with Crippen molar-refractivity contribution in [3.8, 4) is 16.9 Å². The summed E-state index contributed by atoms with van der Waals surface area (Å²) in [4.78, 5) is 25.4. The van der Waals surface area contributed by atoms with Gasteiger partial charge in [-0.1, -0.05) is 29.4 Å². The van der Waals surface area contributed by atoms with Crippen molar-refractivity contribution >= 4 is 32.3 Å². The summed E-state index contributed by atoms with van der Waals surface area (Å²) in [5, 5.41) is 16.8. The van der Waals surface area contributed by atoms with Gasteiger partial charge in [0.15, 0.2) is 0 Å². The lowest BCUT2D eigenvalue weighted by atomic mass is 9.96. The van der Waals surface area contributed by atoms with Crippen LogP contribution in [0.4, 0.5) is 0 Å². The van der Waals surface area contributed by atoms with Crippen molar-refractivity contribution in [2.24, 2.45) is 5.18 Å². The van der Waals surface area contributed by atoms with Crippen LogP contribution in [0.15, 0.2) is 57.8 Å². The second-order valence-corrected chi connectivity index (χ2v) is 6.40. The number of H-pyrrole nitrogens is 1. The first-order chi connectivity index (χ1) is 11.7. The van der Waals surface area contributed by atoms with Gasteiger partial charge in [-0.3, -0.25) is 4.79 Å². The normalized spacial score (nSPS) is 11.2. The molecule has 0 saturated carbocycles. The second kappa shape index (κ2) is 5.58. The zero-order chi connectivity index (χ0) is 16.7. The first-order valence-corrected chi connectivity index (χ1v) is 8.20. The number of rotatable bonds is 3. The predicted octanol–water partition coefficient (Wildman–Crippen LogP) is 4.38. The zero-order valence-electron chi connectivity index (χ0n) is 12.4. The number of benzene rings is 2. The molecular weight excluding hydrogens is 324 g/mol. The first-order valence-electron chi connectivity index (χ1n) is 7.32. The molecule has 0 aliphatic carbocycles. The van der Waals surface area contributed by atoms with E-state index in [0.29, 0.717) is 15.8 Å². The third-order valence-corrected chi connectivity index (χ3v) is 4.98. The molecule has 0 unspecified atom stereocenters. The van der Waals surface area contributed by atoms with Crippen LogP contribution in [0.1, 0.15) is 5.56 Å². The summed E-state index contributed by atoms with van der Waals surface area (Å²) in [7, 11) is 0. The van der Waals surface area contributed by atoms with Crippen molar-refractivity contribution < 1.29 is 5.11 Å². The van der Waals surface area contributed by atoms with Crippen LogP contribution in [-0.4, -0.2) is 10.1 Å². The molecule has 0 saturated heterocycles. The van der Waals surface area contributed by atoms with E-state index in [4.69, 9.17) is 0 Å². The number of thiophene rings is 1. The third-order valence-electron chi connectivity index (χ3n) is 4.06. The molecule has 24 heavy (non-hydrogen) atoms. The summed E-state index contributed by atoms with van der Waals surface area (Å²) >= 11 is 1.38. The highest BCUT2D eigenvalue weighted by atomic mass is 32.1. The van der Waals surface area contributed by atoms with Crippen molar-refractivity contribution in [2.45, 2.75) is 6.54 Å². The van der Waals surface area contributed by atoms with Crippen molar-refractivity contribution in [3.05, 3.63) is 68.7 Å². The molecule has 4 rings (SSSR count). The van der Waals surface area contributed by atoms with Gasteiger partial charge in [0, 0.05) is 21.9 Å². The summed E-state index contributed by atoms with van der Waals surface area (Å²) in [6.07, 6.45) is 0. The molecule has 0 amide bonds. The van der Waals surface area contributed by atoms with E-state index in [1.54, 1.807) is 12.1 Å². The van der Waals surface area contributed by atoms with E-state index in [0.717, 1.165) is 21.9 Å². The predicted molar refractivity (Wildman–Crippen MR) is 96.6 cm³/mol. The first kappa shape index (κ1) is 14.6. The average molecular weight is 336 g/mol. The number of aromatic hydroxyl groups is 1. The highest BCUT2D eigenvalue weighted by Crippen LogP contribution is 2.39. The van der Waals surface area contributed by atoms with Gasteiger partial charge in [0.05, 0.1) is 0 Å². The highest BCUT2D eigenvalue weighted by molar-refractivity contribution is 7.17. The number of fused-ring (bicyclic) bond motifs is 3. The van der Waals surface area contributed by atoms with E-state index >= 15 is 0 Å². The molecule has 0 atom stereocenters. The lowest BCUT2D eigenvalue weighted by molar-refractivity contribution is 0.478. The molecule has 0 fully saturated rings. The maximum atomic E-state index is 12.2. The van der Waals surface area contributed by atoms with Crippen molar-refractivity contribution in [1.82, 2.24) is 4.98 Å². The van der Waals surface area contributed by atoms with Gasteiger partial charge in [-0.15, -0.1) is 11.3 Å². The Bertz CT molecular complexity index is 1130. The van der Waals surface area contributed by atoms with E-state index in [-0.39, 0.29) is 17.9 Å². The quantitative estimate of drug-likeness (QED) is 0.545. The SMILES string of the molecule is O=NCc1ccc(-c2c(O)ccc3[nH]c(=O)c4sccc4c23)cc1. The van der Waals surface area contributed by atoms with Crippen LogP contribution in [-0.2, 0) is 6.54 Å². The summed E-state index contributed by atoms with van der Waals surface area (Å²) < 4.78 is 0.635. The Balaban J connectivity index is 2.07. The van der Waals surface area contributed by atoms with Gasteiger partial charge >= 0.3 is 0 Å². The fraction of sp³-hybridized carbons (Fsp3) is 0.0556. The average Bonchev–Trinajstić information content (AvgIpc) is 3.07. The van der Waals surface area contributed by atoms with Gasteiger partial charge in [-0.25, -0.2) is 0 Å². The van der Waals surface area contributed by atoms with Gasteiger partial charge in [-0.2, -0.15) is 4.91 Å². The minimum absolute atomic E-state index is 0.115. The lowest BCUT2D eigenvalue weighted by Crippen LogP contribution is -2.04. The van der Waals surface area contributed by atoms with E-state index < -0.39 is 0 Å². The van der Waals surface area contributed by atoms with Crippen LogP contribution in [0.2, 0.25) is 0 Å². The molecule has 6 heteroatoms. The number of phenolic OH excluding ortho intramolecular Hbond substituents is 1. The maximum Gasteiger partial charge on any atom is 0.266 e. The number of nitroso groups, excluding NO2 is 1. The molecule has 2 aromatic heterocycles. The topological polar surface area (TPSA) is 82.5 Å². The lowest BCUT2D eigenvalue weighted by Gasteiger charge is -2.11. The largest absolute Gasteiger partial charge is 0.507 e. The molecule has 0 spiro atoms. The van der Waals surface area contributed by atoms with Crippen LogP contribution in [0.25, 0.3) is 32.1 Å². The van der Waals surface area contributed by atoms with Gasteiger partial charge in [0.2, 0.25) is 0 Å². The molecule has 4 aromatic rings. The Kier molecular flexibility index (Phi) is 3.39. The molecule has 0 aliphatic heterocycles. The Hall–Kier alpha value is -2.99.